The topological polar surface area (TPSA) is 25.8 Å². The van der Waals surface area contributed by atoms with Gasteiger partial charge < -0.3 is 0 Å². The van der Waals surface area contributed by atoms with Crippen LogP contribution in [-0.4, -0.2) is 9.97 Å². The summed E-state index contributed by atoms with van der Waals surface area (Å²) >= 11 is 0. The van der Waals surface area contributed by atoms with Gasteiger partial charge in [-0.25, -0.2) is 9.97 Å². The standard InChI is InChI=1S/C12H12N2/c1-8-13-7-10-6-5-9-3-2-4-11(9)12(10)14-8/h5-7H,2-4H2,1H3. The lowest BCUT2D eigenvalue weighted by Gasteiger charge is -2.04. The van der Waals surface area contributed by atoms with Crippen LogP contribution in [-0.2, 0) is 12.8 Å². The molecular weight excluding hydrogens is 172 g/mol. The lowest BCUT2D eigenvalue weighted by molar-refractivity contribution is 0.912. The van der Waals surface area contributed by atoms with E-state index in [1.807, 2.05) is 13.1 Å². The molecule has 1 heterocycles. The molecule has 2 nitrogen and oxygen atoms in total. The van der Waals surface area contributed by atoms with Crippen LogP contribution in [0.3, 0.4) is 0 Å². The molecule has 0 spiro atoms. The molecule has 0 aliphatic heterocycles. The van der Waals surface area contributed by atoms with Crippen molar-refractivity contribution in [3.05, 3.63) is 35.3 Å². The minimum absolute atomic E-state index is 0.873. The quantitative estimate of drug-likeness (QED) is 0.628. The van der Waals surface area contributed by atoms with Crippen molar-refractivity contribution < 1.29 is 0 Å². The van der Waals surface area contributed by atoms with Crippen molar-refractivity contribution in [2.75, 3.05) is 0 Å². The first-order valence-corrected chi connectivity index (χ1v) is 5.09. The minimum atomic E-state index is 0.873. The van der Waals surface area contributed by atoms with Gasteiger partial charge in [-0.3, -0.25) is 0 Å². The van der Waals surface area contributed by atoms with Gasteiger partial charge in [0.1, 0.15) is 5.82 Å². The normalized spacial score (nSPS) is 14.6. The molecule has 0 atom stereocenters. The highest BCUT2D eigenvalue weighted by molar-refractivity contribution is 5.82. The van der Waals surface area contributed by atoms with Crippen molar-refractivity contribution in [2.45, 2.75) is 26.2 Å². The Morgan fingerprint density at radius 1 is 1.21 bits per heavy atom. The van der Waals surface area contributed by atoms with Gasteiger partial charge in [-0.2, -0.15) is 0 Å². The van der Waals surface area contributed by atoms with Crippen molar-refractivity contribution in [1.29, 1.82) is 0 Å². The SMILES string of the molecule is Cc1ncc2ccc3c(c2n1)CCC3. The summed E-state index contributed by atoms with van der Waals surface area (Å²) in [6.07, 6.45) is 5.60. The van der Waals surface area contributed by atoms with Gasteiger partial charge in [0.05, 0.1) is 5.52 Å². The Labute approximate surface area is 83.0 Å². The predicted molar refractivity (Wildman–Crippen MR) is 56.3 cm³/mol. The molecule has 0 amide bonds. The Hall–Kier alpha value is -1.44. The van der Waals surface area contributed by atoms with Gasteiger partial charge in [-0.05, 0) is 37.3 Å². The number of hydrogen-bond donors (Lipinski definition) is 0. The molecule has 0 bridgehead atoms. The third-order valence-corrected chi connectivity index (χ3v) is 2.95. The zero-order valence-electron chi connectivity index (χ0n) is 8.25. The second-order valence-corrected chi connectivity index (χ2v) is 3.91. The molecule has 0 unspecified atom stereocenters. The first kappa shape index (κ1) is 7.92. The Balaban J connectivity index is 2.41. The first-order valence-electron chi connectivity index (χ1n) is 5.09. The number of benzene rings is 1. The smallest absolute Gasteiger partial charge is 0.125 e. The van der Waals surface area contributed by atoms with E-state index in [4.69, 9.17) is 0 Å². The summed E-state index contributed by atoms with van der Waals surface area (Å²) in [4.78, 5) is 8.76. The third-order valence-electron chi connectivity index (χ3n) is 2.95. The minimum Gasteiger partial charge on any atom is -0.241 e. The molecule has 0 saturated heterocycles. The van der Waals surface area contributed by atoms with E-state index >= 15 is 0 Å². The van der Waals surface area contributed by atoms with E-state index in [9.17, 15) is 0 Å². The molecule has 2 heteroatoms. The maximum atomic E-state index is 4.54. The van der Waals surface area contributed by atoms with E-state index in [2.05, 4.69) is 22.1 Å². The van der Waals surface area contributed by atoms with Gasteiger partial charge in [0.25, 0.3) is 0 Å². The van der Waals surface area contributed by atoms with Crippen LogP contribution in [0.4, 0.5) is 0 Å². The van der Waals surface area contributed by atoms with Crippen LogP contribution in [0, 0.1) is 6.92 Å². The molecular formula is C12H12N2. The molecule has 14 heavy (non-hydrogen) atoms. The van der Waals surface area contributed by atoms with Gasteiger partial charge in [0, 0.05) is 11.6 Å². The van der Waals surface area contributed by atoms with Crippen LogP contribution in [0.1, 0.15) is 23.4 Å². The molecule has 3 rings (SSSR count). The van der Waals surface area contributed by atoms with E-state index in [0.717, 1.165) is 5.82 Å². The summed E-state index contributed by atoms with van der Waals surface area (Å²) in [6.45, 7) is 1.95. The number of fused-ring (bicyclic) bond motifs is 3. The second-order valence-electron chi connectivity index (χ2n) is 3.91. The monoisotopic (exact) mass is 184 g/mol. The van der Waals surface area contributed by atoms with Crippen molar-refractivity contribution >= 4 is 10.9 Å². The zero-order valence-corrected chi connectivity index (χ0v) is 8.25. The molecule has 1 aromatic heterocycles. The average molecular weight is 184 g/mol. The van der Waals surface area contributed by atoms with Crippen LogP contribution in [0.5, 0.6) is 0 Å². The highest BCUT2D eigenvalue weighted by atomic mass is 14.9. The fraction of sp³-hybridized carbons (Fsp3) is 0.333. The Morgan fingerprint density at radius 2 is 2.14 bits per heavy atom. The first-order chi connectivity index (χ1) is 6.84. The largest absolute Gasteiger partial charge is 0.241 e. The third kappa shape index (κ3) is 1.03. The number of hydrogen-bond acceptors (Lipinski definition) is 2. The molecule has 70 valence electrons. The Morgan fingerprint density at radius 3 is 3.07 bits per heavy atom. The summed E-state index contributed by atoms with van der Waals surface area (Å²) in [5, 5.41) is 1.18. The predicted octanol–water partition coefficient (Wildman–Crippen LogP) is 2.43. The summed E-state index contributed by atoms with van der Waals surface area (Å²) in [7, 11) is 0. The Bertz CT molecular complexity index is 503. The van der Waals surface area contributed by atoms with Crippen LogP contribution >= 0.6 is 0 Å². The summed E-state index contributed by atoms with van der Waals surface area (Å²) in [6, 6.07) is 4.36. The molecule has 1 aromatic carbocycles. The van der Waals surface area contributed by atoms with Gasteiger partial charge >= 0.3 is 0 Å². The lowest BCUT2D eigenvalue weighted by atomic mass is 10.1. The summed E-state index contributed by atoms with van der Waals surface area (Å²) in [5.74, 6) is 0.873. The van der Waals surface area contributed by atoms with Crippen molar-refractivity contribution in [3.63, 3.8) is 0 Å². The van der Waals surface area contributed by atoms with Crippen LogP contribution in [0.25, 0.3) is 10.9 Å². The summed E-state index contributed by atoms with van der Waals surface area (Å²) in [5.41, 5.74) is 4.11. The average Bonchev–Trinajstić information content (AvgIpc) is 2.65. The zero-order chi connectivity index (χ0) is 9.54. The van der Waals surface area contributed by atoms with E-state index in [-0.39, 0.29) is 0 Å². The van der Waals surface area contributed by atoms with Crippen molar-refractivity contribution in [1.82, 2.24) is 9.97 Å². The van der Waals surface area contributed by atoms with Crippen molar-refractivity contribution in [3.8, 4) is 0 Å². The van der Waals surface area contributed by atoms with Crippen LogP contribution < -0.4 is 0 Å². The van der Waals surface area contributed by atoms with Gasteiger partial charge in [0.2, 0.25) is 0 Å². The fourth-order valence-electron chi connectivity index (χ4n) is 2.25. The van der Waals surface area contributed by atoms with E-state index in [1.54, 1.807) is 0 Å². The van der Waals surface area contributed by atoms with Crippen LogP contribution in [0.15, 0.2) is 18.3 Å². The van der Waals surface area contributed by atoms with Crippen molar-refractivity contribution in [2.24, 2.45) is 0 Å². The molecule has 1 aliphatic rings. The fourth-order valence-corrected chi connectivity index (χ4v) is 2.25. The number of aromatic nitrogens is 2. The van der Waals surface area contributed by atoms with E-state index < -0.39 is 0 Å². The molecule has 0 N–H and O–H groups in total. The maximum Gasteiger partial charge on any atom is 0.125 e. The van der Waals surface area contributed by atoms with E-state index in [0.29, 0.717) is 0 Å². The van der Waals surface area contributed by atoms with Gasteiger partial charge in [-0.15, -0.1) is 0 Å². The highest BCUT2D eigenvalue weighted by Crippen LogP contribution is 2.28. The summed E-state index contributed by atoms with van der Waals surface area (Å²) < 4.78 is 0. The molecule has 0 radical (unpaired) electrons. The molecule has 0 saturated carbocycles. The number of rotatable bonds is 0. The lowest BCUT2D eigenvalue weighted by Crippen LogP contribution is -1.92. The van der Waals surface area contributed by atoms with E-state index in [1.165, 1.54) is 41.3 Å². The molecule has 2 aromatic rings. The second kappa shape index (κ2) is 2.77. The number of nitrogens with zero attached hydrogens (tertiary/aromatic N) is 2. The van der Waals surface area contributed by atoms with Gasteiger partial charge in [-0.1, -0.05) is 12.1 Å². The molecule has 1 aliphatic carbocycles. The maximum absolute atomic E-state index is 4.54. The number of aryl methyl sites for hydroxylation is 3. The Kier molecular flexibility index (Phi) is 1.57. The molecule has 0 fully saturated rings. The van der Waals surface area contributed by atoms with Gasteiger partial charge in [0.15, 0.2) is 0 Å². The van der Waals surface area contributed by atoms with Crippen LogP contribution in [0.2, 0.25) is 0 Å². The highest BCUT2D eigenvalue weighted by Gasteiger charge is 2.14.